The minimum atomic E-state index is -0.442. The molecule has 0 saturated carbocycles. The number of rotatable bonds is 2. The molecule has 0 bridgehead atoms. The average Bonchev–Trinajstić information content (AvgIpc) is 2.50. The van der Waals surface area contributed by atoms with E-state index in [1.807, 2.05) is 24.3 Å². The lowest BCUT2D eigenvalue weighted by Crippen LogP contribution is -2.38. The number of benzene rings is 1. The Labute approximate surface area is 131 Å². The molecule has 21 heavy (non-hydrogen) atoms. The van der Waals surface area contributed by atoms with Crippen LogP contribution in [0.25, 0.3) is 0 Å². The summed E-state index contributed by atoms with van der Waals surface area (Å²) in [6, 6.07) is 7.41. The van der Waals surface area contributed by atoms with Crippen molar-refractivity contribution < 1.29 is 4.79 Å². The summed E-state index contributed by atoms with van der Waals surface area (Å²) in [4.78, 5) is 20.1. The van der Waals surface area contributed by atoms with Crippen LogP contribution in [0.3, 0.4) is 0 Å². The van der Waals surface area contributed by atoms with Crippen molar-refractivity contribution in [2.75, 3.05) is 11.9 Å². The van der Waals surface area contributed by atoms with Crippen molar-refractivity contribution in [3.05, 3.63) is 52.0 Å². The highest BCUT2D eigenvalue weighted by Gasteiger charge is 2.26. The van der Waals surface area contributed by atoms with E-state index in [2.05, 4.69) is 20.6 Å². The third-order valence-electron chi connectivity index (χ3n) is 3.37. The second-order valence-corrected chi connectivity index (χ2v) is 5.37. The lowest BCUT2D eigenvalue weighted by atomic mass is 9.94. The fourth-order valence-electron chi connectivity index (χ4n) is 2.38. The minimum absolute atomic E-state index is 0.118. The van der Waals surface area contributed by atoms with Crippen LogP contribution in [-0.4, -0.2) is 22.4 Å². The third kappa shape index (κ3) is 2.85. The van der Waals surface area contributed by atoms with Crippen LogP contribution in [0.5, 0.6) is 0 Å². The molecule has 0 spiro atoms. The van der Waals surface area contributed by atoms with E-state index in [9.17, 15) is 4.79 Å². The molecular formula is C14H12Cl2N4O. The summed E-state index contributed by atoms with van der Waals surface area (Å²) in [5, 5.41) is 6.13. The molecule has 1 atom stereocenters. The van der Waals surface area contributed by atoms with Gasteiger partial charge in [-0.15, -0.1) is 0 Å². The van der Waals surface area contributed by atoms with Gasteiger partial charge in [0.25, 0.3) is 0 Å². The Morgan fingerprint density at radius 1 is 1.24 bits per heavy atom. The summed E-state index contributed by atoms with van der Waals surface area (Å²) in [6.45, 7) is 0.738. The number of hydrogen-bond acceptors (Lipinski definition) is 4. The van der Waals surface area contributed by atoms with E-state index >= 15 is 0 Å². The van der Waals surface area contributed by atoms with Gasteiger partial charge >= 0.3 is 0 Å². The number of fused-ring (bicyclic) bond motifs is 1. The van der Waals surface area contributed by atoms with E-state index in [-0.39, 0.29) is 21.9 Å². The maximum absolute atomic E-state index is 12.5. The first-order valence-corrected chi connectivity index (χ1v) is 7.20. The summed E-state index contributed by atoms with van der Waals surface area (Å²) in [5.74, 6) is -0.235. The molecule has 1 aromatic heterocycles. The van der Waals surface area contributed by atoms with Gasteiger partial charge in [0.05, 0.1) is 0 Å². The van der Waals surface area contributed by atoms with E-state index in [4.69, 9.17) is 23.2 Å². The van der Waals surface area contributed by atoms with Gasteiger partial charge in [-0.3, -0.25) is 4.79 Å². The van der Waals surface area contributed by atoms with E-state index in [0.717, 1.165) is 24.1 Å². The molecule has 0 aliphatic carbocycles. The predicted octanol–water partition coefficient (Wildman–Crippen LogP) is 2.61. The van der Waals surface area contributed by atoms with E-state index in [1.165, 1.54) is 6.33 Å². The second kappa shape index (κ2) is 5.97. The smallest absolute Gasteiger partial charge is 0.246 e. The quantitative estimate of drug-likeness (QED) is 0.834. The summed E-state index contributed by atoms with van der Waals surface area (Å²) in [6.07, 6.45) is 2.14. The van der Waals surface area contributed by atoms with Crippen molar-refractivity contribution in [1.82, 2.24) is 15.3 Å². The van der Waals surface area contributed by atoms with Gasteiger partial charge in [0, 0.05) is 6.54 Å². The summed E-state index contributed by atoms with van der Waals surface area (Å²) >= 11 is 11.9. The molecule has 1 aromatic carbocycles. The van der Waals surface area contributed by atoms with E-state index < -0.39 is 6.04 Å². The van der Waals surface area contributed by atoms with Crippen LogP contribution in [0.2, 0.25) is 10.3 Å². The van der Waals surface area contributed by atoms with Crippen molar-refractivity contribution in [2.24, 2.45) is 0 Å². The monoisotopic (exact) mass is 322 g/mol. The first-order valence-electron chi connectivity index (χ1n) is 6.45. The zero-order valence-electron chi connectivity index (χ0n) is 10.9. The number of anilines is 1. The molecule has 1 unspecified atom stereocenters. The third-order valence-corrected chi connectivity index (χ3v) is 3.95. The standard InChI is InChI=1S/C14H12Cl2N4O/c15-12-11(13(16)19-7-18-12)20-14(21)10-9-4-2-1-3-8(9)5-6-17-10/h1-4,7,10,17H,5-6H2,(H,20,21). The van der Waals surface area contributed by atoms with Gasteiger partial charge in [-0.1, -0.05) is 47.5 Å². The van der Waals surface area contributed by atoms with E-state index in [0.29, 0.717) is 0 Å². The molecule has 3 rings (SSSR count). The van der Waals surface area contributed by atoms with Crippen LogP contribution in [0.1, 0.15) is 17.2 Å². The van der Waals surface area contributed by atoms with Gasteiger partial charge in [0.1, 0.15) is 18.1 Å². The number of nitrogens with one attached hydrogen (secondary N) is 2. The minimum Gasteiger partial charge on any atom is -0.319 e. The molecule has 1 amide bonds. The zero-order chi connectivity index (χ0) is 14.8. The molecule has 2 aromatic rings. The highest BCUT2D eigenvalue weighted by atomic mass is 35.5. The highest BCUT2D eigenvalue weighted by Crippen LogP contribution is 2.28. The summed E-state index contributed by atoms with van der Waals surface area (Å²) < 4.78 is 0. The van der Waals surface area contributed by atoms with Crippen molar-refractivity contribution in [3.63, 3.8) is 0 Å². The fraction of sp³-hybridized carbons (Fsp3) is 0.214. The molecule has 108 valence electrons. The average molecular weight is 323 g/mol. The van der Waals surface area contributed by atoms with Crippen LogP contribution >= 0.6 is 23.2 Å². The van der Waals surface area contributed by atoms with Gasteiger partial charge in [-0.05, 0) is 17.5 Å². The number of nitrogens with zero attached hydrogens (tertiary/aromatic N) is 2. The first kappa shape index (κ1) is 14.3. The van der Waals surface area contributed by atoms with Crippen LogP contribution in [-0.2, 0) is 11.2 Å². The van der Waals surface area contributed by atoms with Crippen LogP contribution in [0.15, 0.2) is 30.6 Å². The first-order chi connectivity index (χ1) is 10.2. The molecule has 5 nitrogen and oxygen atoms in total. The molecule has 0 fully saturated rings. The van der Waals surface area contributed by atoms with Crippen molar-refractivity contribution in [3.8, 4) is 0 Å². The maximum atomic E-state index is 12.5. The molecule has 0 radical (unpaired) electrons. The van der Waals surface area contributed by atoms with Gasteiger partial charge in [0.15, 0.2) is 10.3 Å². The molecule has 7 heteroatoms. The number of amides is 1. The lowest BCUT2D eigenvalue weighted by Gasteiger charge is -2.26. The van der Waals surface area contributed by atoms with Crippen molar-refractivity contribution in [1.29, 1.82) is 0 Å². The van der Waals surface area contributed by atoms with Crippen LogP contribution < -0.4 is 10.6 Å². The zero-order valence-corrected chi connectivity index (χ0v) is 12.4. The van der Waals surface area contributed by atoms with Gasteiger partial charge in [-0.2, -0.15) is 0 Å². The van der Waals surface area contributed by atoms with Crippen molar-refractivity contribution in [2.45, 2.75) is 12.5 Å². The van der Waals surface area contributed by atoms with Crippen LogP contribution in [0.4, 0.5) is 5.69 Å². The molecule has 0 saturated heterocycles. The SMILES string of the molecule is O=C(Nc1c(Cl)ncnc1Cl)C1NCCc2ccccc21. The summed E-state index contributed by atoms with van der Waals surface area (Å²) in [5.41, 5.74) is 2.36. The Hall–Kier alpha value is -1.69. The number of carbonyl (C=O) groups is 1. The number of halogens is 2. The fourth-order valence-corrected chi connectivity index (χ4v) is 2.79. The molecular weight excluding hydrogens is 311 g/mol. The number of hydrogen-bond donors (Lipinski definition) is 2. The number of aromatic nitrogens is 2. The summed E-state index contributed by atoms with van der Waals surface area (Å²) in [7, 11) is 0. The van der Waals surface area contributed by atoms with Gasteiger partial charge in [0.2, 0.25) is 5.91 Å². The predicted molar refractivity (Wildman–Crippen MR) is 81.6 cm³/mol. The Balaban J connectivity index is 1.87. The Kier molecular flexibility index (Phi) is 4.05. The van der Waals surface area contributed by atoms with Crippen molar-refractivity contribution >= 4 is 34.8 Å². The Morgan fingerprint density at radius 3 is 2.71 bits per heavy atom. The molecule has 2 heterocycles. The Bertz CT molecular complexity index is 672. The molecule has 1 aliphatic heterocycles. The molecule has 2 N–H and O–H groups in total. The highest BCUT2D eigenvalue weighted by molar-refractivity contribution is 6.38. The Morgan fingerprint density at radius 2 is 1.95 bits per heavy atom. The normalized spacial score (nSPS) is 17.1. The largest absolute Gasteiger partial charge is 0.319 e. The van der Waals surface area contributed by atoms with Crippen LogP contribution in [0, 0.1) is 0 Å². The number of carbonyl (C=O) groups excluding carboxylic acids is 1. The van der Waals surface area contributed by atoms with E-state index in [1.54, 1.807) is 0 Å². The lowest BCUT2D eigenvalue weighted by molar-refractivity contribution is -0.118. The van der Waals surface area contributed by atoms with Gasteiger partial charge in [-0.25, -0.2) is 9.97 Å². The molecule has 1 aliphatic rings. The topological polar surface area (TPSA) is 66.9 Å². The second-order valence-electron chi connectivity index (χ2n) is 4.66. The van der Waals surface area contributed by atoms with Gasteiger partial charge < -0.3 is 10.6 Å². The maximum Gasteiger partial charge on any atom is 0.246 e.